The highest BCUT2D eigenvalue weighted by atomic mass is 32.2. The molecule has 1 aliphatic rings. The van der Waals surface area contributed by atoms with E-state index in [1.165, 1.54) is 18.2 Å². The van der Waals surface area contributed by atoms with Crippen LogP contribution in [0.25, 0.3) is 0 Å². The van der Waals surface area contributed by atoms with E-state index in [0.29, 0.717) is 19.0 Å². The van der Waals surface area contributed by atoms with E-state index in [-0.39, 0.29) is 16.9 Å². The van der Waals surface area contributed by atoms with Gasteiger partial charge in [-0.15, -0.1) is 0 Å². The van der Waals surface area contributed by atoms with E-state index in [4.69, 9.17) is 4.74 Å². The Bertz CT molecular complexity index is 1430. The second-order valence-corrected chi connectivity index (χ2v) is 11.2. The summed E-state index contributed by atoms with van der Waals surface area (Å²) in [5.41, 5.74) is -0.934. The lowest BCUT2D eigenvalue weighted by atomic mass is 9.86. The van der Waals surface area contributed by atoms with Crippen LogP contribution >= 0.6 is 0 Å². The average molecular weight is 549 g/mol. The summed E-state index contributed by atoms with van der Waals surface area (Å²) in [7, 11) is -4.51. The minimum absolute atomic E-state index is 0.183. The van der Waals surface area contributed by atoms with Crippen LogP contribution in [0.1, 0.15) is 46.9 Å². The van der Waals surface area contributed by atoms with Crippen LogP contribution in [-0.2, 0) is 22.6 Å². The number of carbonyl (C=O) groups excluding carboxylic acids is 1. The molecule has 1 aliphatic heterocycles. The van der Waals surface area contributed by atoms with Crippen molar-refractivity contribution >= 4 is 15.9 Å². The molecule has 0 spiro atoms. The summed E-state index contributed by atoms with van der Waals surface area (Å²) in [5.74, 6) is -0.180. The van der Waals surface area contributed by atoms with Gasteiger partial charge in [0.2, 0.25) is 10.0 Å². The number of aliphatic hydroxyl groups excluding tert-OH is 1. The number of fused-ring (bicyclic) bond motifs is 1. The highest BCUT2D eigenvalue weighted by Crippen LogP contribution is 2.41. The number of halogens is 3. The molecule has 4 rings (SSSR count). The van der Waals surface area contributed by atoms with Gasteiger partial charge in [0.15, 0.2) is 0 Å². The van der Waals surface area contributed by atoms with E-state index >= 15 is 0 Å². The van der Waals surface area contributed by atoms with Crippen molar-refractivity contribution in [3.8, 4) is 5.75 Å². The molecule has 1 heterocycles. The Morgan fingerprint density at radius 3 is 2.42 bits per heavy atom. The van der Waals surface area contributed by atoms with E-state index < -0.39 is 50.3 Å². The summed E-state index contributed by atoms with van der Waals surface area (Å²) >= 11 is 0. The van der Waals surface area contributed by atoms with Gasteiger partial charge >= 0.3 is 6.18 Å². The fourth-order valence-electron chi connectivity index (χ4n) is 4.21. The summed E-state index contributed by atoms with van der Waals surface area (Å²) in [6, 6.07) is 16.0. The molecule has 0 saturated carbocycles. The molecule has 2 atom stereocenters. The van der Waals surface area contributed by atoms with Gasteiger partial charge in [0, 0.05) is 17.7 Å². The molecule has 1 amide bonds. The third-order valence-electron chi connectivity index (χ3n) is 6.30. The molecule has 3 aromatic rings. The van der Waals surface area contributed by atoms with Crippen molar-refractivity contribution in [3.05, 3.63) is 95.1 Å². The summed E-state index contributed by atoms with van der Waals surface area (Å²) in [6.45, 7) is 3.46. The smallest absolute Gasteiger partial charge is 0.416 e. The Labute approximate surface area is 218 Å². The van der Waals surface area contributed by atoms with Crippen LogP contribution in [0.4, 0.5) is 13.2 Å². The number of nitrogens with one attached hydrogen (secondary N) is 2. The van der Waals surface area contributed by atoms with Gasteiger partial charge < -0.3 is 15.2 Å². The second kappa shape index (κ2) is 10.4. The monoisotopic (exact) mass is 548 g/mol. The summed E-state index contributed by atoms with van der Waals surface area (Å²) in [4.78, 5) is 12.2. The second-order valence-electron chi connectivity index (χ2n) is 9.52. The van der Waals surface area contributed by atoms with E-state index in [1.807, 2.05) is 30.3 Å². The molecular formula is C27H27F3N2O5S. The molecule has 0 saturated heterocycles. The topological polar surface area (TPSA) is 105 Å². The number of aliphatic hydroxyl groups is 1. The summed E-state index contributed by atoms with van der Waals surface area (Å²) in [6.07, 6.45) is -5.56. The first-order valence-electron chi connectivity index (χ1n) is 11.8. The molecule has 2 unspecified atom stereocenters. The standard InChI is InChI=1S/C27H27F3N2O5S/c1-26(2)24(33)23(32-38(35,36)20-10-6-9-19(16-20)27(28,29)30)21-15-18(11-12-22(21)37-26)25(34)31-14-13-17-7-4-3-5-8-17/h3-12,15-16,23-24,32-33H,13-14H2,1-2H3,(H,31,34). The number of hydrogen-bond acceptors (Lipinski definition) is 5. The zero-order valence-corrected chi connectivity index (χ0v) is 21.4. The minimum Gasteiger partial charge on any atom is -0.485 e. The van der Waals surface area contributed by atoms with Crippen LogP contribution in [0.3, 0.4) is 0 Å². The van der Waals surface area contributed by atoms with E-state index in [1.54, 1.807) is 13.8 Å². The zero-order chi connectivity index (χ0) is 27.7. The molecule has 0 fully saturated rings. The lowest BCUT2D eigenvalue weighted by molar-refractivity contribution is -0.137. The Hall–Kier alpha value is -3.41. The van der Waals surface area contributed by atoms with Gasteiger partial charge in [0.25, 0.3) is 5.91 Å². The van der Waals surface area contributed by atoms with Gasteiger partial charge in [0.05, 0.1) is 16.5 Å². The molecule has 11 heteroatoms. The van der Waals surface area contributed by atoms with E-state index in [0.717, 1.165) is 23.8 Å². The van der Waals surface area contributed by atoms with Crippen LogP contribution in [0, 0.1) is 0 Å². The lowest BCUT2D eigenvalue weighted by Gasteiger charge is -2.42. The quantitative estimate of drug-likeness (QED) is 0.410. The first-order chi connectivity index (χ1) is 17.8. The van der Waals surface area contributed by atoms with Gasteiger partial charge in [-0.1, -0.05) is 36.4 Å². The Morgan fingerprint density at radius 2 is 1.74 bits per heavy atom. The minimum atomic E-state index is -4.74. The number of amides is 1. The zero-order valence-electron chi connectivity index (χ0n) is 20.6. The van der Waals surface area contributed by atoms with Crippen LogP contribution in [0.2, 0.25) is 0 Å². The number of benzene rings is 3. The third kappa shape index (κ3) is 6.01. The van der Waals surface area contributed by atoms with Gasteiger partial charge in [-0.3, -0.25) is 4.79 Å². The lowest BCUT2D eigenvalue weighted by Crippen LogP contribution is -2.53. The number of rotatable bonds is 7. The maximum atomic E-state index is 13.2. The SMILES string of the molecule is CC1(C)Oc2ccc(C(=O)NCCc3ccccc3)cc2C(NS(=O)(=O)c2cccc(C(F)(F)F)c2)C1O. The highest BCUT2D eigenvalue weighted by molar-refractivity contribution is 7.89. The first kappa shape index (κ1) is 27.6. The molecule has 3 aromatic carbocycles. The largest absolute Gasteiger partial charge is 0.485 e. The molecule has 0 aliphatic carbocycles. The van der Waals surface area contributed by atoms with Crippen molar-refractivity contribution in [2.75, 3.05) is 6.54 Å². The Balaban J connectivity index is 1.61. The molecule has 0 bridgehead atoms. The number of hydrogen-bond donors (Lipinski definition) is 3. The normalized spacial score (nSPS) is 18.8. The highest BCUT2D eigenvalue weighted by Gasteiger charge is 2.45. The summed E-state index contributed by atoms with van der Waals surface area (Å²) < 4.78 is 74.0. The molecule has 7 nitrogen and oxygen atoms in total. The van der Waals surface area contributed by atoms with Crippen molar-refractivity contribution < 1.29 is 36.2 Å². The fourth-order valence-corrected chi connectivity index (χ4v) is 5.48. The molecule has 38 heavy (non-hydrogen) atoms. The molecular weight excluding hydrogens is 521 g/mol. The number of ether oxygens (including phenoxy) is 1. The van der Waals surface area contributed by atoms with Gasteiger partial charge in [-0.25, -0.2) is 13.1 Å². The molecule has 0 aromatic heterocycles. The average Bonchev–Trinajstić information content (AvgIpc) is 2.86. The predicted molar refractivity (Wildman–Crippen MR) is 134 cm³/mol. The fraction of sp³-hybridized carbons (Fsp3) is 0.296. The van der Waals surface area contributed by atoms with Gasteiger partial charge in [-0.2, -0.15) is 13.2 Å². The number of carbonyl (C=O) groups is 1. The van der Waals surface area contributed by atoms with Crippen molar-refractivity contribution in [2.24, 2.45) is 0 Å². The Kier molecular flexibility index (Phi) is 7.55. The number of alkyl halides is 3. The summed E-state index contributed by atoms with van der Waals surface area (Å²) in [5, 5.41) is 13.8. The van der Waals surface area contributed by atoms with Crippen LogP contribution in [-0.4, -0.2) is 37.7 Å². The maximum absolute atomic E-state index is 13.2. The van der Waals surface area contributed by atoms with E-state index in [9.17, 15) is 31.5 Å². The van der Waals surface area contributed by atoms with E-state index in [2.05, 4.69) is 10.0 Å². The van der Waals surface area contributed by atoms with Gasteiger partial charge in [-0.05, 0) is 62.2 Å². The third-order valence-corrected chi connectivity index (χ3v) is 7.74. The predicted octanol–water partition coefficient (Wildman–Crippen LogP) is 4.23. The molecule has 0 radical (unpaired) electrons. The van der Waals surface area contributed by atoms with Crippen molar-refractivity contribution in [1.82, 2.24) is 10.0 Å². The van der Waals surface area contributed by atoms with Crippen molar-refractivity contribution in [2.45, 2.75) is 49.1 Å². The Morgan fingerprint density at radius 1 is 1.03 bits per heavy atom. The van der Waals surface area contributed by atoms with Crippen LogP contribution in [0.15, 0.2) is 77.7 Å². The van der Waals surface area contributed by atoms with Crippen LogP contribution in [0.5, 0.6) is 5.75 Å². The van der Waals surface area contributed by atoms with Gasteiger partial charge in [0.1, 0.15) is 17.5 Å². The van der Waals surface area contributed by atoms with Crippen LogP contribution < -0.4 is 14.8 Å². The first-order valence-corrected chi connectivity index (χ1v) is 13.3. The van der Waals surface area contributed by atoms with Crippen molar-refractivity contribution in [1.29, 1.82) is 0 Å². The molecule has 3 N–H and O–H groups in total. The maximum Gasteiger partial charge on any atom is 0.416 e. The molecule has 202 valence electrons. The van der Waals surface area contributed by atoms with Crippen molar-refractivity contribution in [3.63, 3.8) is 0 Å². The number of sulfonamides is 1.